The third-order valence-corrected chi connectivity index (χ3v) is 3.45. The number of aromatic hydroxyl groups is 1. The number of hydrogen-bond donors (Lipinski definition) is 5. The minimum atomic E-state index is -0.356. The number of anilines is 2. The lowest BCUT2D eigenvalue weighted by atomic mass is 10.1. The summed E-state index contributed by atoms with van der Waals surface area (Å²) in [4.78, 5) is 30.4. The van der Waals surface area contributed by atoms with Gasteiger partial charge in [0.2, 0.25) is 11.6 Å². The number of carbonyl (C=O) groups is 2. The van der Waals surface area contributed by atoms with Crippen LogP contribution in [0.25, 0.3) is 0 Å². The van der Waals surface area contributed by atoms with Crippen molar-refractivity contribution in [2.75, 3.05) is 30.9 Å². The van der Waals surface area contributed by atoms with Crippen molar-refractivity contribution in [3.8, 4) is 5.75 Å². The lowest BCUT2D eigenvalue weighted by molar-refractivity contribution is -0.116. The number of carbonyl (C=O) groups excluding carboxylic acids is 2. The van der Waals surface area contributed by atoms with E-state index in [0.717, 1.165) is 0 Å². The van der Waals surface area contributed by atoms with Crippen molar-refractivity contribution < 1.29 is 19.5 Å². The van der Waals surface area contributed by atoms with E-state index < -0.39 is 0 Å². The van der Waals surface area contributed by atoms with Crippen LogP contribution in [-0.4, -0.2) is 41.8 Å². The fourth-order valence-corrected chi connectivity index (χ4v) is 2.14. The van der Waals surface area contributed by atoms with Crippen LogP contribution in [0.3, 0.4) is 0 Å². The van der Waals surface area contributed by atoms with Gasteiger partial charge >= 0.3 is 0 Å². The summed E-state index contributed by atoms with van der Waals surface area (Å²) in [6, 6.07) is 4.53. The molecule has 1 aliphatic rings. The molecule has 0 heterocycles. The normalized spacial score (nSPS) is 14.1. The summed E-state index contributed by atoms with van der Waals surface area (Å²) < 4.78 is 0. The Morgan fingerprint density at radius 2 is 2.00 bits per heavy atom. The maximum absolute atomic E-state index is 12.2. The highest BCUT2D eigenvalue weighted by atomic mass is 16.6. The Labute approximate surface area is 138 Å². The fourth-order valence-electron chi connectivity index (χ4n) is 2.14. The summed E-state index contributed by atoms with van der Waals surface area (Å²) >= 11 is 0. The molecule has 24 heavy (non-hydrogen) atoms. The van der Waals surface area contributed by atoms with Crippen LogP contribution >= 0.6 is 0 Å². The lowest BCUT2D eigenvalue weighted by Crippen LogP contribution is -2.31. The predicted molar refractivity (Wildman–Crippen MR) is 88.5 cm³/mol. The first-order valence-electron chi connectivity index (χ1n) is 7.07. The van der Waals surface area contributed by atoms with Gasteiger partial charge in [0, 0.05) is 37.5 Å². The van der Waals surface area contributed by atoms with Gasteiger partial charge in [-0.1, -0.05) is 0 Å². The summed E-state index contributed by atoms with van der Waals surface area (Å²) in [5.41, 5.74) is 3.48. The summed E-state index contributed by atoms with van der Waals surface area (Å²) in [6.07, 6.45) is 2.46. The topological polar surface area (TPSA) is 143 Å². The fraction of sp³-hybridized carbons (Fsp3) is 0.200. The van der Waals surface area contributed by atoms with Crippen molar-refractivity contribution >= 4 is 22.9 Å². The Morgan fingerprint density at radius 1 is 1.25 bits per heavy atom. The number of ketones is 2. The SMILES string of the molecule is CN(CCON)C1=CC(=O)C(Nc2ccc(NN)c(O)c2)=CC1=O. The Balaban J connectivity index is 2.12. The molecule has 1 aliphatic carbocycles. The second kappa shape index (κ2) is 7.59. The number of hydrazine groups is 1. The maximum Gasteiger partial charge on any atom is 0.204 e. The molecule has 0 atom stereocenters. The van der Waals surface area contributed by atoms with Gasteiger partial charge < -0.3 is 25.6 Å². The molecular weight excluding hydrogens is 314 g/mol. The van der Waals surface area contributed by atoms with Gasteiger partial charge in [0.1, 0.15) is 5.75 Å². The molecule has 0 amide bonds. The number of allylic oxidation sites excluding steroid dienone is 2. The molecule has 0 radical (unpaired) electrons. The molecule has 0 unspecified atom stereocenters. The van der Waals surface area contributed by atoms with Crippen LogP contribution in [0.4, 0.5) is 11.4 Å². The van der Waals surface area contributed by atoms with Gasteiger partial charge in [-0.15, -0.1) is 0 Å². The zero-order valence-corrected chi connectivity index (χ0v) is 13.1. The first-order chi connectivity index (χ1) is 11.5. The number of nitrogen functional groups attached to an aromatic ring is 1. The molecule has 0 saturated heterocycles. The minimum absolute atomic E-state index is 0.0876. The molecule has 2 rings (SSSR count). The van der Waals surface area contributed by atoms with Crippen LogP contribution in [0.5, 0.6) is 5.75 Å². The van der Waals surface area contributed by atoms with Gasteiger partial charge in [-0.05, 0) is 12.1 Å². The third-order valence-electron chi connectivity index (χ3n) is 3.45. The largest absolute Gasteiger partial charge is 0.506 e. The molecule has 1 aromatic rings. The van der Waals surface area contributed by atoms with Gasteiger partial charge in [-0.3, -0.25) is 15.4 Å². The van der Waals surface area contributed by atoms with E-state index in [2.05, 4.69) is 15.6 Å². The lowest BCUT2D eigenvalue weighted by Gasteiger charge is -2.23. The Kier molecular flexibility index (Phi) is 5.53. The van der Waals surface area contributed by atoms with Crippen molar-refractivity contribution in [1.29, 1.82) is 0 Å². The number of phenolic OH excluding ortho intramolecular Hbond substituents is 1. The molecule has 9 heteroatoms. The first kappa shape index (κ1) is 17.5. The van der Waals surface area contributed by atoms with Crippen LogP contribution in [0.15, 0.2) is 41.7 Å². The van der Waals surface area contributed by atoms with Gasteiger partial charge in [-0.25, -0.2) is 5.90 Å². The molecule has 0 fully saturated rings. The average molecular weight is 333 g/mol. The number of nitrogens with two attached hydrogens (primary N) is 2. The molecule has 7 N–H and O–H groups in total. The van der Waals surface area contributed by atoms with E-state index in [1.807, 2.05) is 0 Å². The molecule has 0 spiro atoms. The number of rotatable bonds is 7. The van der Waals surface area contributed by atoms with Crippen LogP contribution < -0.4 is 22.5 Å². The molecule has 1 aromatic carbocycles. The predicted octanol–water partition coefficient (Wildman–Crippen LogP) is -0.169. The molecule has 0 aromatic heterocycles. The number of nitrogens with zero attached hydrogens (tertiary/aromatic N) is 1. The molecule has 128 valence electrons. The van der Waals surface area contributed by atoms with Gasteiger partial charge in [-0.2, -0.15) is 0 Å². The summed E-state index contributed by atoms with van der Waals surface area (Å²) in [6.45, 7) is 0.602. The molecule has 0 aliphatic heterocycles. The Morgan fingerprint density at radius 3 is 2.62 bits per heavy atom. The number of likely N-dealkylation sites (N-methyl/N-ethyl adjacent to an activating group) is 1. The van der Waals surface area contributed by atoms with Crippen LogP contribution in [0.1, 0.15) is 0 Å². The number of nitrogens with one attached hydrogen (secondary N) is 2. The maximum atomic E-state index is 12.2. The monoisotopic (exact) mass is 333 g/mol. The van der Waals surface area contributed by atoms with E-state index >= 15 is 0 Å². The van der Waals surface area contributed by atoms with Gasteiger partial charge in [0.15, 0.2) is 0 Å². The third kappa shape index (κ3) is 3.90. The average Bonchev–Trinajstić information content (AvgIpc) is 2.56. The first-order valence-corrected chi connectivity index (χ1v) is 7.07. The van der Waals surface area contributed by atoms with Crippen LogP contribution in [0.2, 0.25) is 0 Å². The summed E-state index contributed by atoms with van der Waals surface area (Å²) in [5.74, 6) is 9.43. The highest BCUT2D eigenvalue weighted by Crippen LogP contribution is 2.27. The van der Waals surface area contributed by atoms with E-state index in [-0.39, 0.29) is 35.3 Å². The van der Waals surface area contributed by atoms with Gasteiger partial charge in [0.05, 0.1) is 23.7 Å². The minimum Gasteiger partial charge on any atom is -0.506 e. The Hall–Kier alpha value is -2.88. The van der Waals surface area contributed by atoms with Crippen molar-refractivity contribution in [3.05, 3.63) is 41.7 Å². The summed E-state index contributed by atoms with van der Waals surface area (Å²) in [5, 5.41) is 12.6. The van der Waals surface area contributed by atoms with E-state index in [1.165, 1.54) is 24.3 Å². The van der Waals surface area contributed by atoms with Gasteiger partial charge in [0.25, 0.3) is 0 Å². The van der Waals surface area contributed by atoms with Crippen molar-refractivity contribution in [2.45, 2.75) is 0 Å². The standard InChI is InChI=1S/C15H19N5O4/c1-20(4-5-24-17)12-8-14(22)11(7-15(12)23)18-9-2-3-10(19-16)13(21)6-9/h2-3,6-8,18-19,21H,4-5,16-17H2,1H3. The quantitative estimate of drug-likeness (QED) is 0.199. The molecule has 0 bridgehead atoms. The van der Waals surface area contributed by atoms with E-state index in [1.54, 1.807) is 18.0 Å². The molecule has 9 nitrogen and oxygen atoms in total. The highest BCUT2D eigenvalue weighted by molar-refractivity contribution is 6.20. The smallest absolute Gasteiger partial charge is 0.204 e. The second-order valence-electron chi connectivity index (χ2n) is 5.11. The Bertz CT molecular complexity index is 714. The number of phenols is 1. The summed E-state index contributed by atoms with van der Waals surface area (Å²) in [7, 11) is 1.67. The second-order valence-corrected chi connectivity index (χ2v) is 5.11. The van der Waals surface area contributed by atoms with Crippen LogP contribution in [0, 0.1) is 0 Å². The van der Waals surface area contributed by atoms with Crippen LogP contribution in [-0.2, 0) is 14.4 Å². The van der Waals surface area contributed by atoms with E-state index in [4.69, 9.17) is 11.7 Å². The van der Waals surface area contributed by atoms with Crippen molar-refractivity contribution in [1.82, 2.24) is 4.90 Å². The number of benzene rings is 1. The number of hydrogen-bond acceptors (Lipinski definition) is 9. The van der Waals surface area contributed by atoms with E-state index in [9.17, 15) is 14.7 Å². The molecule has 0 saturated carbocycles. The highest BCUT2D eigenvalue weighted by Gasteiger charge is 2.23. The van der Waals surface area contributed by atoms with Crippen molar-refractivity contribution in [3.63, 3.8) is 0 Å². The van der Waals surface area contributed by atoms with E-state index in [0.29, 0.717) is 17.9 Å². The van der Waals surface area contributed by atoms with Crippen molar-refractivity contribution in [2.24, 2.45) is 11.7 Å². The zero-order chi connectivity index (χ0) is 17.7. The zero-order valence-electron chi connectivity index (χ0n) is 13.1. The molecular formula is C15H19N5O4.